The zero-order valence-corrected chi connectivity index (χ0v) is 13.3. The Morgan fingerprint density at radius 3 is 2.88 bits per heavy atom. The molecular formula is C20H14O5. The lowest BCUT2D eigenvalue weighted by Gasteiger charge is -2.31. The van der Waals surface area contributed by atoms with Crippen molar-refractivity contribution in [1.29, 1.82) is 0 Å². The summed E-state index contributed by atoms with van der Waals surface area (Å²) in [5.41, 5.74) is 1.81. The van der Waals surface area contributed by atoms with Gasteiger partial charge in [0, 0.05) is 22.0 Å². The van der Waals surface area contributed by atoms with Crippen molar-refractivity contribution in [3.63, 3.8) is 0 Å². The molecule has 3 spiro atoms. The summed E-state index contributed by atoms with van der Waals surface area (Å²) in [6.07, 6.45) is 9.29. The normalized spacial score (nSPS) is 47.1. The number of carbonyl (C=O) groups excluding carboxylic acids is 2. The van der Waals surface area contributed by atoms with E-state index in [1.54, 1.807) is 6.26 Å². The first-order valence-electron chi connectivity index (χ1n) is 8.72. The van der Waals surface area contributed by atoms with E-state index in [4.69, 9.17) is 13.9 Å². The molecule has 1 unspecified atom stereocenters. The SMILES string of the molecule is O=C1OC[C@]23C1=C[C@@H]1CC24C2=C(C=C[C@@]43C1)C(=O)O[C@@H]2c1ccco1. The summed E-state index contributed by atoms with van der Waals surface area (Å²) in [5, 5.41) is 0. The van der Waals surface area contributed by atoms with Crippen LogP contribution in [-0.2, 0) is 19.1 Å². The molecule has 0 radical (unpaired) electrons. The van der Waals surface area contributed by atoms with Crippen LogP contribution in [-0.4, -0.2) is 18.5 Å². The van der Waals surface area contributed by atoms with Gasteiger partial charge in [0.2, 0.25) is 0 Å². The Bertz CT molecular complexity index is 995. The molecular weight excluding hydrogens is 320 g/mol. The summed E-state index contributed by atoms with van der Waals surface area (Å²) in [6.45, 7) is 0.407. The van der Waals surface area contributed by atoms with Crippen molar-refractivity contribution in [1.82, 2.24) is 0 Å². The molecule has 7 aliphatic rings. The van der Waals surface area contributed by atoms with Crippen LogP contribution < -0.4 is 0 Å². The van der Waals surface area contributed by atoms with Crippen molar-refractivity contribution in [3.8, 4) is 0 Å². The monoisotopic (exact) mass is 334 g/mol. The molecule has 25 heavy (non-hydrogen) atoms. The Hall–Kier alpha value is -2.56. The number of ether oxygens (including phenoxy) is 2. The van der Waals surface area contributed by atoms with Crippen LogP contribution in [0.1, 0.15) is 24.7 Å². The molecule has 3 heterocycles. The first-order valence-corrected chi connectivity index (χ1v) is 8.72. The first-order chi connectivity index (χ1) is 12.1. The lowest BCUT2D eigenvalue weighted by molar-refractivity contribution is -0.140. The number of esters is 2. The molecule has 2 saturated carbocycles. The number of cyclic esters (lactones) is 2. The van der Waals surface area contributed by atoms with Gasteiger partial charge in [-0.05, 0) is 30.9 Å². The molecule has 8 rings (SSSR count). The highest BCUT2D eigenvalue weighted by molar-refractivity contribution is 6.01. The molecule has 0 amide bonds. The van der Waals surface area contributed by atoms with E-state index in [0.717, 1.165) is 24.0 Å². The van der Waals surface area contributed by atoms with Crippen LogP contribution in [0.4, 0.5) is 0 Å². The van der Waals surface area contributed by atoms with Gasteiger partial charge in [-0.1, -0.05) is 18.2 Å². The van der Waals surface area contributed by atoms with Crippen LogP contribution in [0.15, 0.2) is 57.8 Å². The first kappa shape index (κ1) is 12.8. The van der Waals surface area contributed by atoms with Gasteiger partial charge in [-0.25, -0.2) is 9.59 Å². The molecule has 2 aliphatic heterocycles. The highest BCUT2D eigenvalue weighted by Gasteiger charge is 2.95. The van der Waals surface area contributed by atoms with Gasteiger partial charge in [0.25, 0.3) is 0 Å². The summed E-state index contributed by atoms with van der Waals surface area (Å²) < 4.78 is 16.8. The second-order valence-electron chi connectivity index (χ2n) is 8.07. The molecule has 5 heteroatoms. The molecule has 0 aromatic carbocycles. The van der Waals surface area contributed by atoms with E-state index in [0.29, 0.717) is 23.9 Å². The quantitative estimate of drug-likeness (QED) is 0.739. The topological polar surface area (TPSA) is 65.7 Å². The van der Waals surface area contributed by atoms with Crippen LogP contribution in [0, 0.1) is 22.2 Å². The van der Waals surface area contributed by atoms with E-state index in [-0.39, 0.29) is 28.2 Å². The molecule has 124 valence electrons. The molecule has 5 aliphatic carbocycles. The van der Waals surface area contributed by atoms with Gasteiger partial charge in [-0.2, -0.15) is 0 Å². The third kappa shape index (κ3) is 0.969. The van der Waals surface area contributed by atoms with E-state index >= 15 is 0 Å². The summed E-state index contributed by atoms with van der Waals surface area (Å²) in [7, 11) is 0. The molecule has 1 saturated heterocycles. The Balaban J connectivity index is 1.53. The minimum absolute atomic E-state index is 0.113. The van der Waals surface area contributed by atoms with Crippen molar-refractivity contribution in [2.45, 2.75) is 18.9 Å². The average molecular weight is 334 g/mol. The number of hydrogen-bond acceptors (Lipinski definition) is 5. The summed E-state index contributed by atoms with van der Waals surface area (Å²) in [5.74, 6) is 0.524. The van der Waals surface area contributed by atoms with Gasteiger partial charge in [0.05, 0.1) is 17.3 Å². The molecule has 5 atom stereocenters. The molecule has 3 fully saturated rings. The minimum Gasteiger partial charge on any atom is -0.465 e. The fraction of sp³-hybridized carbons (Fsp3) is 0.400. The summed E-state index contributed by atoms with van der Waals surface area (Å²) in [4.78, 5) is 24.9. The van der Waals surface area contributed by atoms with Crippen molar-refractivity contribution in [3.05, 3.63) is 59.1 Å². The fourth-order valence-electron chi connectivity index (χ4n) is 7.07. The van der Waals surface area contributed by atoms with E-state index in [2.05, 4.69) is 12.2 Å². The molecule has 1 aromatic rings. The Morgan fingerprint density at radius 1 is 1.12 bits per heavy atom. The van der Waals surface area contributed by atoms with E-state index in [9.17, 15) is 9.59 Å². The van der Waals surface area contributed by atoms with Crippen molar-refractivity contribution < 1.29 is 23.5 Å². The van der Waals surface area contributed by atoms with Gasteiger partial charge < -0.3 is 13.9 Å². The average Bonchev–Trinajstić information content (AvgIpc) is 3.20. The van der Waals surface area contributed by atoms with Crippen molar-refractivity contribution in [2.24, 2.45) is 22.2 Å². The maximum atomic E-state index is 12.5. The Kier molecular flexibility index (Phi) is 1.73. The smallest absolute Gasteiger partial charge is 0.339 e. The molecule has 5 nitrogen and oxygen atoms in total. The standard InChI is InChI=1S/C20H14O5/c21-16-11-3-4-18-7-10-6-12-17(22)24-9-20(12,18)19(18,8-10)14(11)15(25-16)13-2-1-5-23-13/h1-6,10,15H,7-9H2/t10-,15+,18+,19?,20+/m0/s1. The predicted octanol–water partition coefficient (Wildman–Crippen LogP) is 2.62. The maximum Gasteiger partial charge on any atom is 0.339 e. The zero-order chi connectivity index (χ0) is 16.6. The second kappa shape index (κ2) is 3.39. The van der Waals surface area contributed by atoms with E-state index in [1.165, 1.54) is 0 Å². The van der Waals surface area contributed by atoms with Gasteiger partial charge in [0.15, 0.2) is 6.10 Å². The third-order valence-electron chi connectivity index (χ3n) is 7.64. The zero-order valence-electron chi connectivity index (χ0n) is 13.3. The van der Waals surface area contributed by atoms with Crippen LogP contribution in [0.2, 0.25) is 0 Å². The number of hydrogen-bond donors (Lipinski definition) is 0. The summed E-state index contributed by atoms with van der Waals surface area (Å²) >= 11 is 0. The van der Waals surface area contributed by atoms with Gasteiger partial charge in [-0.15, -0.1) is 0 Å². The predicted molar refractivity (Wildman–Crippen MR) is 82.8 cm³/mol. The third-order valence-corrected chi connectivity index (χ3v) is 7.64. The summed E-state index contributed by atoms with van der Waals surface area (Å²) in [6, 6.07) is 3.66. The molecule has 1 aromatic heterocycles. The maximum absolute atomic E-state index is 12.5. The van der Waals surface area contributed by atoms with Crippen LogP contribution in [0.5, 0.6) is 0 Å². The number of allylic oxidation sites excluding steroid dienone is 2. The van der Waals surface area contributed by atoms with Crippen molar-refractivity contribution >= 4 is 11.9 Å². The van der Waals surface area contributed by atoms with Crippen LogP contribution in [0.25, 0.3) is 0 Å². The van der Waals surface area contributed by atoms with Gasteiger partial charge in [0.1, 0.15) is 12.4 Å². The Labute approximate surface area is 143 Å². The second-order valence-corrected chi connectivity index (χ2v) is 8.07. The number of carbonyl (C=O) groups is 2. The van der Waals surface area contributed by atoms with E-state index < -0.39 is 6.10 Å². The lowest BCUT2D eigenvalue weighted by atomic mass is 9.69. The van der Waals surface area contributed by atoms with Crippen LogP contribution in [0.3, 0.4) is 0 Å². The van der Waals surface area contributed by atoms with Gasteiger partial charge >= 0.3 is 11.9 Å². The van der Waals surface area contributed by atoms with Crippen molar-refractivity contribution in [2.75, 3.05) is 6.61 Å². The number of furan rings is 1. The van der Waals surface area contributed by atoms with Crippen LogP contribution >= 0.6 is 0 Å². The lowest BCUT2D eigenvalue weighted by Crippen LogP contribution is -2.28. The molecule has 4 bridgehead atoms. The van der Waals surface area contributed by atoms with E-state index in [1.807, 2.05) is 18.2 Å². The molecule has 0 N–H and O–H groups in total. The number of rotatable bonds is 1. The highest BCUT2D eigenvalue weighted by Crippen LogP contribution is 2.96. The largest absolute Gasteiger partial charge is 0.465 e. The Morgan fingerprint density at radius 2 is 2.04 bits per heavy atom. The highest BCUT2D eigenvalue weighted by atomic mass is 16.6. The minimum atomic E-state index is -0.491. The fourth-order valence-corrected chi connectivity index (χ4v) is 7.07. The van der Waals surface area contributed by atoms with Gasteiger partial charge in [-0.3, -0.25) is 0 Å².